The summed E-state index contributed by atoms with van der Waals surface area (Å²) in [6, 6.07) is 10.1. The van der Waals surface area contributed by atoms with Crippen molar-refractivity contribution in [2.75, 3.05) is 0 Å². The molecule has 2 fully saturated rings. The first-order valence-corrected chi connectivity index (χ1v) is 8.47. The number of nitrogens with zero attached hydrogens (tertiary/aromatic N) is 2. The Bertz CT molecular complexity index is 720. The van der Waals surface area contributed by atoms with Gasteiger partial charge < -0.3 is 5.11 Å². The summed E-state index contributed by atoms with van der Waals surface area (Å²) >= 11 is 0. The van der Waals surface area contributed by atoms with E-state index >= 15 is 0 Å². The molecule has 4 heteroatoms. The lowest BCUT2D eigenvalue weighted by Gasteiger charge is -2.09. The van der Waals surface area contributed by atoms with Crippen LogP contribution in [-0.4, -0.2) is 20.9 Å². The maximum absolute atomic E-state index is 12.0. The molecule has 1 aromatic heterocycles. The largest absolute Gasteiger partial charge is 0.481 e. The molecule has 1 N–H and O–H groups in total. The smallest absolute Gasteiger partial charge is 0.310 e. The first-order valence-electron chi connectivity index (χ1n) is 8.47. The number of rotatable bonds is 6. The Labute approximate surface area is 136 Å². The number of hydrogen-bond acceptors (Lipinski definition) is 2. The SMILES string of the molecule is CC[C@@]1(C(=O)O)[C@@H](c2ccccc2)[C@@H]1c1cnn(CC2CC2)c1. The molecule has 0 unspecified atom stereocenters. The molecule has 0 aliphatic heterocycles. The van der Waals surface area contributed by atoms with Crippen LogP contribution < -0.4 is 0 Å². The molecule has 0 spiro atoms. The molecule has 120 valence electrons. The van der Waals surface area contributed by atoms with Gasteiger partial charge in [0.2, 0.25) is 0 Å². The van der Waals surface area contributed by atoms with Gasteiger partial charge in [-0.15, -0.1) is 0 Å². The summed E-state index contributed by atoms with van der Waals surface area (Å²) < 4.78 is 2.00. The van der Waals surface area contributed by atoms with Crippen molar-refractivity contribution in [3.8, 4) is 0 Å². The van der Waals surface area contributed by atoms with Gasteiger partial charge in [0.05, 0.1) is 11.6 Å². The van der Waals surface area contributed by atoms with Crippen molar-refractivity contribution in [2.45, 2.75) is 44.6 Å². The summed E-state index contributed by atoms with van der Waals surface area (Å²) in [4.78, 5) is 12.0. The average molecular weight is 310 g/mol. The first kappa shape index (κ1) is 14.5. The molecule has 3 atom stereocenters. The minimum atomic E-state index is -0.686. The van der Waals surface area contributed by atoms with Crippen molar-refractivity contribution in [3.05, 3.63) is 53.9 Å². The van der Waals surface area contributed by atoms with E-state index in [0.717, 1.165) is 23.6 Å². The van der Waals surface area contributed by atoms with Gasteiger partial charge in [0.15, 0.2) is 0 Å². The minimum absolute atomic E-state index is 0.0281. The summed E-state index contributed by atoms with van der Waals surface area (Å²) in [5.41, 5.74) is 1.51. The third-order valence-electron chi connectivity index (χ3n) is 5.63. The summed E-state index contributed by atoms with van der Waals surface area (Å²) in [6.45, 7) is 2.95. The molecule has 2 saturated carbocycles. The maximum Gasteiger partial charge on any atom is 0.310 e. The monoisotopic (exact) mass is 310 g/mol. The predicted molar refractivity (Wildman–Crippen MR) is 87.2 cm³/mol. The zero-order valence-electron chi connectivity index (χ0n) is 13.4. The molecule has 23 heavy (non-hydrogen) atoms. The van der Waals surface area contributed by atoms with Gasteiger partial charge in [-0.05, 0) is 36.3 Å². The molecule has 0 saturated heterocycles. The second-order valence-electron chi connectivity index (χ2n) is 7.00. The maximum atomic E-state index is 12.0. The Morgan fingerprint density at radius 1 is 1.26 bits per heavy atom. The lowest BCUT2D eigenvalue weighted by Crippen LogP contribution is -2.17. The third-order valence-corrected chi connectivity index (χ3v) is 5.63. The normalized spacial score (nSPS) is 29.4. The van der Waals surface area contributed by atoms with Crippen LogP contribution in [-0.2, 0) is 11.3 Å². The van der Waals surface area contributed by atoms with E-state index in [1.807, 2.05) is 48.1 Å². The van der Waals surface area contributed by atoms with E-state index in [4.69, 9.17) is 0 Å². The van der Waals surface area contributed by atoms with Crippen LogP contribution in [0.1, 0.15) is 49.1 Å². The number of aromatic nitrogens is 2. The van der Waals surface area contributed by atoms with Gasteiger partial charge in [0, 0.05) is 24.6 Å². The summed E-state index contributed by atoms with van der Waals surface area (Å²) in [5.74, 6) is 0.154. The predicted octanol–water partition coefficient (Wildman–Crippen LogP) is 3.66. The van der Waals surface area contributed by atoms with Gasteiger partial charge in [0.1, 0.15) is 0 Å². The molecular weight excluding hydrogens is 288 g/mol. The zero-order valence-corrected chi connectivity index (χ0v) is 13.4. The van der Waals surface area contributed by atoms with Crippen LogP contribution >= 0.6 is 0 Å². The second kappa shape index (κ2) is 5.22. The Balaban J connectivity index is 1.67. The standard InChI is InChI=1S/C19H22N2O2/c1-2-19(18(22)23)16(14-6-4-3-5-7-14)17(19)15-10-20-21(12-15)11-13-8-9-13/h3-7,10,12-13,16-17H,2,8-9,11H2,1H3,(H,22,23)/t16-,17-,19+/m0/s1. The fourth-order valence-electron chi connectivity index (χ4n) is 4.14. The summed E-state index contributed by atoms with van der Waals surface area (Å²) in [5, 5.41) is 14.4. The van der Waals surface area contributed by atoms with Gasteiger partial charge in [-0.1, -0.05) is 37.3 Å². The van der Waals surface area contributed by atoms with E-state index in [-0.39, 0.29) is 11.8 Å². The molecule has 0 radical (unpaired) electrons. The number of hydrogen-bond donors (Lipinski definition) is 1. The van der Waals surface area contributed by atoms with Crippen molar-refractivity contribution in [3.63, 3.8) is 0 Å². The van der Waals surface area contributed by atoms with Crippen molar-refractivity contribution < 1.29 is 9.90 Å². The second-order valence-corrected chi connectivity index (χ2v) is 7.00. The lowest BCUT2D eigenvalue weighted by atomic mass is 9.95. The lowest BCUT2D eigenvalue weighted by molar-refractivity contribution is -0.143. The molecule has 0 amide bonds. The van der Waals surface area contributed by atoms with Crippen LogP contribution in [0.25, 0.3) is 0 Å². The van der Waals surface area contributed by atoms with Gasteiger partial charge in [-0.2, -0.15) is 5.10 Å². The van der Waals surface area contributed by atoms with Crippen LogP contribution in [0.3, 0.4) is 0 Å². The topological polar surface area (TPSA) is 55.1 Å². The number of carbonyl (C=O) groups is 1. The van der Waals surface area contributed by atoms with Crippen LogP contribution in [0.5, 0.6) is 0 Å². The molecule has 2 aliphatic carbocycles. The number of aliphatic carboxylic acids is 1. The highest BCUT2D eigenvalue weighted by Gasteiger charge is 2.69. The first-order chi connectivity index (χ1) is 11.2. The summed E-state index contributed by atoms with van der Waals surface area (Å²) in [7, 11) is 0. The Kier molecular flexibility index (Phi) is 3.29. The number of carboxylic acid groups (broad SMARTS) is 1. The van der Waals surface area contributed by atoms with Gasteiger partial charge in [-0.3, -0.25) is 9.48 Å². The minimum Gasteiger partial charge on any atom is -0.481 e. The van der Waals surface area contributed by atoms with Gasteiger partial charge in [0.25, 0.3) is 0 Å². The molecule has 1 heterocycles. The highest BCUT2D eigenvalue weighted by molar-refractivity contribution is 5.83. The molecule has 2 aromatic rings. The van der Waals surface area contributed by atoms with Crippen LogP contribution in [0.2, 0.25) is 0 Å². The van der Waals surface area contributed by atoms with E-state index in [2.05, 4.69) is 11.3 Å². The fraction of sp³-hybridized carbons (Fsp3) is 0.474. The van der Waals surface area contributed by atoms with Crippen molar-refractivity contribution >= 4 is 5.97 Å². The van der Waals surface area contributed by atoms with Gasteiger partial charge >= 0.3 is 5.97 Å². The van der Waals surface area contributed by atoms with Crippen molar-refractivity contribution in [1.82, 2.24) is 9.78 Å². The van der Waals surface area contributed by atoms with E-state index in [0.29, 0.717) is 6.42 Å². The van der Waals surface area contributed by atoms with Crippen molar-refractivity contribution in [1.29, 1.82) is 0 Å². The molecule has 4 nitrogen and oxygen atoms in total. The Morgan fingerprint density at radius 3 is 2.57 bits per heavy atom. The molecule has 0 bridgehead atoms. The fourth-order valence-corrected chi connectivity index (χ4v) is 4.14. The van der Waals surface area contributed by atoms with E-state index < -0.39 is 11.4 Å². The molecule has 4 rings (SSSR count). The number of benzene rings is 1. The Morgan fingerprint density at radius 2 is 1.96 bits per heavy atom. The van der Waals surface area contributed by atoms with E-state index in [1.165, 1.54) is 12.8 Å². The molecule has 2 aliphatic rings. The highest BCUT2D eigenvalue weighted by atomic mass is 16.4. The zero-order chi connectivity index (χ0) is 16.0. The van der Waals surface area contributed by atoms with E-state index in [9.17, 15) is 9.90 Å². The van der Waals surface area contributed by atoms with Crippen LogP contribution in [0, 0.1) is 11.3 Å². The van der Waals surface area contributed by atoms with Crippen molar-refractivity contribution in [2.24, 2.45) is 11.3 Å². The van der Waals surface area contributed by atoms with Gasteiger partial charge in [-0.25, -0.2) is 0 Å². The average Bonchev–Trinajstić information content (AvgIpc) is 3.44. The van der Waals surface area contributed by atoms with Crippen LogP contribution in [0.4, 0.5) is 0 Å². The molecular formula is C19H22N2O2. The summed E-state index contributed by atoms with van der Waals surface area (Å²) in [6.07, 6.45) is 7.17. The third kappa shape index (κ3) is 2.28. The van der Waals surface area contributed by atoms with Crippen LogP contribution in [0.15, 0.2) is 42.7 Å². The molecule has 1 aromatic carbocycles. The van der Waals surface area contributed by atoms with E-state index in [1.54, 1.807) is 0 Å². The Hall–Kier alpha value is -2.10. The highest BCUT2D eigenvalue weighted by Crippen LogP contribution is 2.72. The number of carboxylic acids is 1. The quantitative estimate of drug-likeness (QED) is 0.886.